The second-order valence-electron chi connectivity index (χ2n) is 18.7. The summed E-state index contributed by atoms with van der Waals surface area (Å²) in [6.07, 6.45) is 8.23. The first-order valence-corrected chi connectivity index (χ1v) is 27.7. The first-order valence-electron chi connectivity index (χ1n) is 26.0. The van der Waals surface area contributed by atoms with Crippen LogP contribution in [0.3, 0.4) is 0 Å². The summed E-state index contributed by atoms with van der Waals surface area (Å²) in [5.74, 6) is 3.66. The molecule has 1 aliphatic carbocycles. The maximum atomic E-state index is 16.1. The molecule has 0 atom stereocenters. The van der Waals surface area contributed by atoms with E-state index in [1.165, 1.54) is 0 Å². The van der Waals surface area contributed by atoms with Crippen molar-refractivity contribution in [2.24, 2.45) is 0 Å². The zero-order chi connectivity index (χ0) is 49.7. The molecule has 0 saturated carbocycles. The smallest absolute Gasteiger partial charge is 0.171 e. The molecule has 0 amide bonds. The highest BCUT2D eigenvalue weighted by atomic mass is 31.2. The third kappa shape index (κ3) is 11.0. The average molecular weight is 971 g/mol. The van der Waals surface area contributed by atoms with Gasteiger partial charge in [0.2, 0.25) is 0 Å². The van der Waals surface area contributed by atoms with Crippen LogP contribution in [-0.4, -0.2) is 26.4 Å². The second-order valence-corrected chi connectivity index (χ2v) is 21.4. The summed E-state index contributed by atoms with van der Waals surface area (Å²) in [6, 6.07) is 63.2. The summed E-state index contributed by atoms with van der Waals surface area (Å²) in [5.41, 5.74) is 12.8. The van der Waals surface area contributed by atoms with Crippen LogP contribution in [0.15, 0.2) is 182 Å². The van der Waals surface area contributed by atoms with E-state index in [9.17, 15) is 0 Å². The van der Waals surface area contributed by atoms with Gasteiger partial charge in [-0.1, -0.05) is 198 Å². The van der Waals surface area contributed by atoms with E-state index in [0.29, 0.717) is 52.1 Å². The van der Waals surface area contributed by atoms with Crippen LogP contribution in [0, 0.1) is 0 Å². The van der Waals surface area contributed by atoms with Crippen molar-refractivity contribution in [3.8, 4) is 23.0 Å². The van der Waals surface area contributed by atoms with Gasteiger partial charge in [-0.2, -0.15) is 0 Å². The van der Waals surface area contributed by atoms with Crippen molar-refractivity contribution in [3.05, 3.63) is 243 Å². The standard InChI is InChI=1S/C66H67O5P/c1-5-37-68-63-50-26-20-27-51(63)42-53-29-22-31-55(65(53)70-39-7-3)44-58-46-56(45-57(66(58)71-40-8-4)43-54-30-21-28-52(41-50)64(54)69-38-6-2)61(48-23-12-9-13-24-48)47-49-25-18-19-36-62(49)72(67,59-32-14-10-15-33-59)60-34-16-11-17-35-60/h9-36,45-47H,5-8,37-44H2,1-4H3/b61-47-. The number of fused-ring (bicyclic) bond motifs is 8. The lowest BCUT2D eigenvalue weighted by atomic mass is 9.87. The van der Waals surface area contributed by atoms with E-state index in [1.807, 2.05) is 72.8 Å². The van der Waals surface area contributed by atoms with Crippen molar-refractivity contribution in [1.29, 1.82) is 0 Å². The molecule has 5 nitrogen and oxygen atoms in total. The van der Waals surface area contributed by atoms with Gasteiger partial charge in [0.05, 0.1) is 26.4 Å². The van der Waals surface area contributed by atoms with Crippen LogP contribution in [0.4, 0.5) is 0 Å². The lowest BCUT2D eigenvalue weighted by Crippen LogP contribution is -2.26. The van der Waals surface area contributed by atoms with Gasteiger partial charge in [0.1, 0.15) is 23.0 Å². The first-order chi connectivity index (χ1) is 35.4. The maximum absolute atomic E-state index is 16.1. The van der Waals surface area contributed by atoms with E-state index >= 15 is 4.57 Å². The van der Waals surface area contributed by atoms with E-state index in [1.54, 1.807) is 0 Å². The lowest BCUT2D eigenvalue weighted by molar-refractivity contribution is 0.304. The monoisotopic (exact) mass is 970 g/mol. The topological polar surface area (TPSA) is 54.0 Å². The fourth-order valence-corrected chi connectivity index (χ4v) is 12.8. The summed E-state index contributed by atoms with van der Waals surface area (Å²) in [7, 11) is -3.36. The predicted molar refractivity (Wildman–Crippen MR) is 299 cm³/mol. The third-order valence-electron chi connectivity index (χ3n) is 13.3. The molecule has 0 fully saturated rings. The third-order valence-corrected chi connectivity index (χ3v) is 16.5. The lowest BCUT2D eigenvalue weighted by Gasteiger charge is -2.24. The van der Waals surface area contributed by atoms with Gasteiger partial charge in [0.15, 0.2) is 7.14 Å². The molecule has 72 heavy (non-hydrogen) atoms. The van der Waals surface area contributed by atoms with E-state index in [-0.39, 0.29) is 0 Å². The van der Waals surface area contributed by atoms with Crippen molar-refractivity contribution in [1.82, 2.24) is 0 Å². The molecule has 0 aliphatic heterocycles. The normalized spacial score (nSPS) is 12.5. The fourth-order valence-electron chi connectivity index (χ4n) is 10.0. The van der Waals surface area contributed by atoms with Crippen LogP contribution < -0.4 is 34.9 Å². The van der Waals surface area contributed by atoms with Crippen LogP contribution in [0.1, 0.15) is 115 Å². The van der Waals surface area contributed by atoms with Crippen LogP contribution in [-0.2, 0) is 30.2 Å². The molecule has 8 aromatic carbocycles. The minimum atomic E-state index is -3.36. The van der Waals surface area contributed by atoms with E-state index in [0.717, 1.165) is 131 Å². The first kappa shape index (κ1) is 49.9. The molecule has 0 unspecified atom stereocenters. The Morgan fingerprint density at radius 2 is 0.722 bits per heavy atom. The molecule has 9 rings (SSSR count). The van der Waals surface area contributed by atoms with Gasteiger partial charge in [-0.3, -0.25) is 0 Å². The van der Waals surface area contributed by atoms with Crippen LogP contribution >= 0.6 is 7.14 Å². The summed E-state index contributed by atoms with van der Waals surface area (Å²) in [6.45, 7) is 11.0. The Hall–Kier alpha value is -7.07. The van der Waals surface area contributed by atoms with E-state index < -0.39 is 7.14 Å². The molecule has 0 saturated heterocycles. The summed E-state index contributed by atoms with van der Waals surface area (Å²) < 4.78 is 43.5. The molecule has 1 aliphatic rings. The molecule has 0 N–H and O–H groups in total. The maximum Gasteiger partial charge on any atom is 0.171 e. The Balaban J connectivity index is 1.32. The van der Waals surface area contributed by atoms with Crippen LogP contribution in [0.25, 0.3) is 11.6 Å². The molecule has 0 spiro atoms. The minimum absolute atomic E-state index is 0.565. The number of rotatable bonds is 18. The van der Waals surface area contributed by atoms with Gasteiger partial charge in [-0.05, 0) is 111 Å². The van der Waals surface area contributed by atoms with Gasteiger partial charge >= 0.3 is 0 Å². The Kier molecular flexibility index (Phi) is 16.6. The van der Waals surface area contributed by atoms with Crippen LogP contribution in [0.5, 0.6) is 23.0 Å². The van der Waals surface area contributed by atoms with E-state index in [4.69, 9.17) is 18.9 Å². The van der Waals surface area contributed by atoms with Gasteiger partial charge in [0.25, 0.3) is 0 Å². The van der Waals surface area contributed by atoms with Gasteiger partial charge in [0, 0.05) is 41.6 Å². The van der Waals surface area contributed by atoms with Crippen molar-refractivity contribution in [2.75, 3.05) is 26.4 Å². The van der Waals surface area contributed by atoms with Gasteiger partial charge < -0.3 is 23.5 Å². The molecule has 0 radical (unpaired) electrons. The molecular formula is C66H67O5P. The molecule has 366 valence electrons. The zero-order valence-corrected chi connectivity index (χ0v) is 43.3. The van der Waals surface area contributed by atoms with Gasteiger partial charge in [-0.25, -0.2) is 0 Å². The Morgan fingerprint density at radius 1 is 0.389 bits per heavy atom. The SMILES string of the molecule is CCCOc1c2cccc1Cc1cccc(c1OCCC)Cc1cc(/C(=C\c3ccccc3P(=O)(c3ccccc3)c3ccccc3)c3ccccc3)cc(c1OCCC)Cc1cccc(c1OCCC)C2. The van der Waals surface area contributed by atoms with Crippen molar-refractivity contribution in [3.63, 3.8) is 0 Å². The summed E-state index contributed by atoms with van der Waals surface area (Å²) in [5, 5.41) is 2.38. The quantitative estimate of drug-likeness (QED) is 0.0633. The molecular weight excluding hydrogens is 904 g/mol. The molecule has 8 bridgehead atoms. The molecule has 8 aromatic rings. The molecule has 6 heteroatoms. The Bertz CT molecular complexity index is 3010. The zero-order valence-electron chi connectivity index (χ0n) is 42.4. The minimum Gasteiger partial charge on any atom is -0.493 e. The summed E-state index contributed by atoms with van der Waals surface area (Å²) in [4.78, 5) is 0. The highest BCUT2D eigenvalue weighted by molar-refractivity contribution is 7.85. The largest absolute Gasteiger partial charge is 0.493 e. The van der Waals surface area contributed by atoms with Crippen LogP contribution in [0.2, 0.25) is 0 Å². The van der Waals surface area contributed by atoms with Crippen molar-refractivity contribution in [2.45, 2.75) is 79.1 Å². The predicted octanol–water partition coefficient (Wildman–Crippen LogP) is 14.7. The number of ether oxygens (including phenoxy) is 4. The number of hydrogen-bond acceptors (Lipinski definition) is 5. The fraction of sp³-hybridized carbons (Fsp3) is 0.242. The Labute approximate surface area is 427 Å². The highest BCUT2D eigenvalue weighted by Crippen LogP contribution is 2.45. The van der Waals surface area contributed by atoms with E-state index in [2.05, 4.69) is 143 Å². The number of para-hydroxylation sites is 3. The molecule has 0 heterocycles. The second kappa shape index (κ2) is 23.9. The van der Waals surface area contributed by atoms with Crippen molar-refractivity contribution < 1.29 is 23.5 Å². The Morgan fingerprint density at radius 3 is 1.11 bits per heavy atom. The van der Waals surface area contributed by atoms with Crippen molar-refractivity contribution >= 4 is 34.7 Å². The summed E-state index contributed by atoms with van der Waals surface area (Å²) >= 11 is 0. The molecule has 0 aromatic heterocycles. The number of benzene rings is 8. The number of hydrogen-bond donors (Lipinski definition) is 0. The average Bonchev–Trinajstić information content (AvgIpc) is 3.42. The van der Waals surface area contributed by atoms with Gasteiger partial charge in [-0.15, -0.1) is 0 Å². The highest BCUT2D eigenvalue weighted by Gasteiger charge is 2.32.